The summed E-state index contributed by atoms with van der Waals surface area (Å²) in [5, 5.41) is 2.75. The Labute approximate surface area is 127 Å². The van der Waals surface area contributed by atoms with Crippen LogP contribution in [0.5, 0.6) is 5.75 Å². The lowest BCUT2D eigenvalue weighted by atomic mass is 10.2. The van der Waals surface area contributed by atoms with Crippen LogP contribution in [0, 0.1) is 6.92 Å². The summed E-state index contributed by atoms with van der Waals surface area (Å²) in [6, 6.07) is 7.55. The van der Waals surface area contributed by atoms with E-state index < -0.39 is 6.36 Å². The molecule has 2 aromatic rings. The Bertz CT molecular complexity index is 662. The SMILES string of the molecule is Cc1ccc(N)c(Nc2ccc(Br)cc2OC(F)(F)F)n1. The maximum Gasteiger partial charge on any atom is 0.573 e. The van der Waals surface area contributed by atoms with Gasteiger partial charge in [-0.25, -0.2) is 4.98 Å². The Hall–Kier alpha value is -1.96. The van der Waals surface area contributed by atoms with Crippen molar-refractivity contribution in [3.8, 4) is 5.75 Å². The number of alkyl halides is 3. The number of anilines is 3. The molecule has 1 heterocycles. The smallest absolute Gasteiger partial charge is 0.404 e. The number of halogens is 4. The average molecular weight is 362 g/mol. The second-order valence-electron chi connectivity index (χ2n) is 4.20. The fourth-order valence-corrected chi connectivity index (χ4v) is 1.94. The van der Waals surface area contributed by atoms with Crippen LogP contribution >= 0.6 is 15.9 Å². The largest absolute Gasteiger partial charge is 0.573 e. The first-order valence-electron chi connectivity index (χ1n) is 5.80. The van der Waals surface area contributed by atoms with Crippen LogP contribution in [0.1, 0.15) is 5.69 Å². The van der Waals surface area contributed by atoms with Crippen LogP contribution in [-0.2, 0) is 0 Å². The number of rotatable bonds is 3. The molecule has 1 aromatic carbocycles. The van der Waals surface area contributed by atoms with E-state index in [2.05, 4.69) is 31.0 Å². The number of nitrogens with zero attached hydrogens (tertiary/aromatic N) is 1. The number of pyridine rings is 1. The van der Waals surface area contributed by atoms with Crippen LogP contribution in [0.3, 0.4) is 0 Å². The molecule has 0 amide bonds. The zero-order valence-electron chi connectivity index (χ0n) is 10.8. The highest BCUT2D eigenvalue weighted by molar-refractivity contribution is 9.10. The highest BCUT2D eigenvalue weighted by atomic mass is 79.9. The van der Waals surface area contributed by atoms with Gasteiger partial charge in [0.05, 0.1) is 11.4 Å². The van der Waals surface area contributed by atoms with Crippen LogP contribution in [0.25, 0.3) is 0 Å². The van der Waals surface area contributed by atoms with Crippen molar-refractivity contribution in [1.82, 2.24) is 4.98 Å². The minimum atomic E-state index is -4.79. The number of aromatic nitrogens is 1. The van der Waals surface area contributed by atoms with Gasteiger partial charge in [-0.05, 0) is 37.3 Å². The van der Waals surface area contributed by atoms with E-state index in [9.17, 15) is 13.2 Å². The molecule has 0 radical (unpaired) electrons. The summed E-state index contributed by atoms with van der Waals surface area (Å²) in [4.78, 5) is 4.14. The summed E-state index contributed by atoms with van der Waals surface area (Å²) in [7, 11) is 0. The molecule has 2 rings (SSSR count). The minimum Gasteiger partial charge on any atom is -0.404 e. The van der Waals surface area contributed by atoms with Gasteiger partial charge in [-0.15, -0.1) is 13.2 Å². The zero-order chi connectivity index (χ0) is 15.6. The summed E-state index contributed by atoms with van der Waals surface area (Å²) in [5.41, 5.74) is 6.86. The van der Waals surface area contributed by atoms with Crippen LogP contribution in [0.2, 0.25) is 0 Å². The third-order valence-electron chi connectivity index (χ3n) is 2.49. The second-order valence-corrected chi connectivity index (χ2v) is 5.12. The van der Waals surface area contributed by atoms with Gasteiger partial charge < -0.3 is 15.8 Å². The number of nitrogen functional groups attached to an aromatic ring is 1. The molecular formula is C13H11BrF3N3O. The van der Waals surface area contributed by atoms with E-state index in [1.54, 1.807) is 25.1 Å². The Balaban J connectivity index is 2.37. The number of nitrogens with two attached hydrogens (primary N) is 1. The van der Waals surface area contributed by atoms with Gasteiger partial charge >= 0.3 is 6.36 Å². The topological polar surface area (TPSA) is 60.2 Å². The molecule has 21 heavy (non-hydrogen) atoms. The van der Waals surface area contributed by atoms with E-state index in [0.717, 1.165) is 0 Å². The second kappa shape index (κ2) is 5.80. The van der Waals surface area contributed by atoms with Gasteiger partial charge in [-0.2, -0.15) is 0 Å². The lowest BCUT2D eigenvalue weighted by Crippen LogP contribution is -2.18. The average Bonchev–Trinajstić information content (AvgIpc) is 2.35. The monoisotopic (exact) mass is 361 g/mol. The van der Waals surface area contributed by atoms with Crippen LogP contribution < -0.4 is 15.8 Å². The van der Waals surface area contributed by atoms with Gasteiger partial charge in [0.15, 0.2) is 11.6 Å². The number of ether oxygens (including phenoxy) is 1. The molecule has 0 aliphatic heterocycles. The molecule has 3 N–H and O–H groups in total. The maximum absolute atomic E-state index is 12.4. The quantitative estimate of drug-likeness (QED) is 0.851. The fraction of sp³-hybridized carbons (Fsp3) is 0.154. The Morgan fingerprint density at radius 3 is 2.62 bits per heavy atom. The van der Waals surface area contributed by atoms with E-state index >= 15 is 0 Å². The van der Waals surface area contributed by atoms with Crippen molar-refractivity contribution in [2.75, 3.05) is 11.1 Å². The zero-order valence-corrected chi connectivity index (χ0v) is 12.4. The van der Waals surface area contributed by atoms with Crippen molar-refractivity contribution >= 4 is 33.1 Å². The van der Waals surface area contributed by atoms with E-state index in [1.165, 1.54) is 12.1 Å². The lowest BCUT2D eigenvalue weighted by molar-refractivity contribution is -0.274. The molecule has 4 nitrogen and oxygen atoms in total. The Kier molecular flexibility index (Phi) is 4.26. The first kappa shape index (κ1) is 15.4. The predicted molar refractivity (Wildman–Crippen MR) is 77.5 cm³/mol. The van der Waals surface area contributed by atoms with E-state index in [-0.39, 0.29) is 17.3 Å². The minimum absolute atomic E-state index is 0.111. The van der Waals surface area contributed by atoms with Crippen molar-refractivity contribution < 1.29 is 17.9 Å². The van der Waals surface area contributed by atoms with Gasteiger partial charge in [-0.1, -0.05) is 15.9 Å². The Morgan fingerprint density at radius 1 is 1.24 bits per heavy atom. The van der Waals surface area contributed by atoms with Crippen LogP contribution in [-0.4, -0.2) is 11.3 Å². The molecule has 0 aliphatic rings. The normalized spacial score (nSPS) is 11.3. The van der Waals surface area contributed by atoms with Crippen molar-refractivity contribution in [3.05, 3.63) is 40.5 Å². The van der Waals surface area contributed by atoms with Crippen molar-refractivity contribution in [1.29, 1.82) is 0 Å². The van der Waals surface area contributed by atoms with Gasteiger partial charge in [0.2, 0.25) is 0 Å². The number of hydrogen-bond acceptors (Lipinski definition) is 4. The molecule has 0 aliphatic carbocycles. The molecule has 0 bridgehead atoms. The van der Waals surface area contributed by atoms with E-state index in [1.807, 2.05) is 0 Å². The highest BCUT2D eigenvalue weighted by Gasteiger charge is 2.32. The summed E-state index contributed by atoms with van der Waals surface area (Å²) < 4.78 is 41.7. The molecule has 0 saturated heterocycles. The predicted octanol–water partition coefficient (Wildman–Crippen LogP) is 4.38. The van der Waals surface area contributed by atoms with Crippen molar-refractivity contribution in [3.63, 3.8) is 0 Å². The molecule has 0 fully saturated rings. The molecule has 0 atom stereocenters. The first-order chi connectivity index (χ1) is 9.74. The number of hydrogen-bond donors (Lipinski definition) is 2. The van der Waals surface area contributed by atoms with E-state index in [4.69, 9.17) is 5.73 Å². The number of benzene rings is 1. The molecule has 0 spiro atoms. The Morgan fingerprint density at radius 2 is 1.95 bits per heavy atom. The summed E-state index contributed by atoms with van der Waals surface area (Å²) in [6.07, 6.45) is -4.79. The van der Waals surface area contributed by atoms with Gasteiger partial charge in [0.1, 0.15) is 0 Å². The third-order valence-corrected chi connectivity index (χ3v) is 2.98. The summed E-state index contributed by atoms with van der Waals surface area (Å²) in [6.45, 7) is 1.75. The maximum atomic E-state index is 12.4. The summed E-state index contributed by atoms with van der Waals surface area (Å²) >= 11 is 3.10. The third kappa shape index (κ3) is 4.25. The van der Waals surface area contributed by atoms with Crippen LogP contribution in [0.15, 0.2) is 34.8 Å². The molecule has 0 unspecified atom stereocenters. The standard InChI is InChI=1S/C13H11BrF3N3O/c1-7-2-4-9(18)12(19-7)20-10-5-3-8(14)6-11(10)21-13(15,16)17/h2-6H,18H2,1H3,(H,19,20). The molecule has 112 valence electrons. The summed E-state index contributed by atoms with van der Waals surface area (Å²) in [5.74, 6) is -0.107. The van der Waals surface area contributed by atoms with Crippen molar-refractivity contribution in [2.24, 2.45) is 0 Å². The first-order valence-corrected chi connectivity index (χ1v) is 6.59. The van der Waals surface area contributed by atoms with Crippen LogP contribution in [0.4, 0.5) is 30.4 Å². The molecule has 0 saturated carbocycles. The van der Waals surface area contributed by atoms with Gasteiger partial charge in [0.25, 0.3) is 0 Å². The number of nitrogens with one attached hydrogen (secondary N) is 1. The van der Waals surface area contributed by atoms with E-state index in [0.29, 0.717) is 15.9 Å². The highest BCUT2D eigenvalue weighted by Crippen LogP contribution is 2.35. The molecular weight excluding hydrogens is 351 g/mol. The number of aryl methyl sites for hydroxylation is 1. The lowest BCUT2D eigenvalue weighted by Gasteiger charge is -2.15. The molecule has 8 heteroatoms. The van der Waals surface area contributed by atoms with Gasteiger partial charge in [0, 0.05) is 10.2 Å². The fourth-order valence-electron chi connectivity index (χ4n) is 1.60. The molecule has 1 aromatic heterocycles. The van der Waals surface area contributed by atoms with Gasteiger partial charge in [-0.3, -0.25) is 0 Å². The van der Waals surface area contributed by atoms with Crippen molar-refractivity contribution in [2.45, 2.75) is 13.3 Å².